The standard InChI is InChI=1S/C14H19N3O3S.ClH/c18-21(19,16-9-7-11-4-3-8-15-11)10-13-12-5-1-2-6-14(12)20-17-13;/h1-2,5-6,11,15-16H,3-4,7-10H2;1H/t11-;/m1./s1. The van der Waals surface area contributed by atoms with Crippen molar-refractivity contribution in [3.8, 4) is 0 Å². The third kappa shape index (κ3) is 4.19. The Balaban J connectivity index is 0.00000176. The minimum Gasteiger partial charge on any atom is -0.356 e. The van der Waals surface area contributed by atoms with Gasteiger partial charge in [-0.15, -0.1) is 12.4 Å². The maximum atomic E-state index is 12.1. The van der Waals surface area contributed by atoms with Crippen LogP contribution in [-0.4, -0.2) is 32.7 Å². The predicted molar refractivity (Wildman–Crippen MR) is 87.5 cm³/mol. The Labute approximate surface area is 136 Å². The van der Waals surface area contributed by atoms with E-state index >= 15 is 0 Å². The van der Waals surface area contributed by atoms with Crippen LogP contribution in [-0.2, 0) is 15.8 Å². The molecule has 0 saturated carbocycles. The molecule has 2 N–H and O–H groups in total. The molecule has 22 heavy (non-hydrogen) atoms. The van der Waals surface area contributed by atoms with E-state index < -0.39 is 10.0 Å². The van der Waals surface area contributed by atoms with Crippen molar-refractivity contribution in [3.63, 3.8) is 0 Å². The van der Waals surface area contributed by atoms with E-state index in [2.05, 4.69) is 15.2 Å². The Morgan fingerprint density at radius 2 is 2.18 bits per heavy atom. The number of fused-ring (bicyclic) bond motifs is 1. The number of para-hydroxylation sites is 1. The van der Waals surface area contributed by atoms with Gasteiger partial charge in [0.1, 0.15) is 11.4 Å². The first-order valence-electron chi connectivity index (χ1n) is 7.18. The minimum atomic E-state index is -3.39. The van der Waals surface area contributed by atoms with Crippen molar-refractivity contribution in [1.29, 1.82) is 0 Å². The van der Waals surface area contributed by atoms with Crippen LogP contribution in [0.2, 0.25) is 0 Å². The summed E-state index contributed by atoms with van der Waals surface area (Å²) in [4.78, 5) is 0. The molecule has 2 heterocycles. The molecular formula is C14H20ClN3O3S. The largest absolute Gasteiger partial charge is 0.356 e. The van der Waals surface area contributed by atoms with Crippen LogP contribution in [0, 0.1) is 0 Å². The van der Waals surface area contributed by atoms with Crippen LogP contribution in [0.5, 0.6) is 0 Å². The molecule has 0 spiro atoms. The van der Waals surface area contributed by atoms with Gasteiger partial charge in [0.05, 0.1) is 0 Å². The highest BCUT2D eigenvalue weighted by Gasteiger charge is 2.18. The maximum Gasteiger partial charge on any atom is 0.217 e. The fourth-order valence-electron chi connectivity index (χ4n) is 2.66. The summed E-state index contributed by atoms with van der Waals surface area (Å²) in [7, 11) is -3.39. The molecule has 1 aliphatic rings. The van der Waals surface area contributed by atoms with E-state index in [9.17, 15) is 8.42 Å². The fraction of sp³-hybridized carbons (Fsp3) is 0.500. The van der Waals surface area contributed by atoms with Gasteiger partial charge in [-0.1, -0.05) is 17.3 Å². The summed E-state index contributed by atoms with van der Waals surface area (Å²) in [5.41, 5.74) is 1.06. The van der Waals surface area contributed by atoms with E-state index in [4.69, 9.17) is 4.52 Å². The molecule has 8 heteroatoms. The molecule has 122 valence electrons. The van der Waals surface area contributed by atoms with Crippen LogP contribution in [0.3, 0.4) is 0 Å². The van der Waals surface area contributed by atoms with Crippen molar-refractivity contribution < 1.29 is 12.9 Å². The SMILES string of the molecule is Cl.O=S(=O)(Cc1noc2ccccc12)NCC[C@H]1CCCN1. The summed E-state index contributed by atoms with van der Waals surface area (Å²) in [5, 5.41) is 7.96. The first-order valence-corrected chi connectivity index (χ1v) is 8.83. The summed E-state index contributed by atoms with van der Waals surface area (Å²) in [6, 6.07) is 7.70. The molecular weight excluding hydrogens is 326 g/mol. The van der Waals surface area contributed by atoms with E-state index in [1.165, 1.54) is 6.42 Å². The molecule has 1 saturated heterocycles. The topological polar surface area (TPSA) is 84.2 Å². The Kier molecular flexibility index (Phi) is 5.80. The summed E-state index contributed by atoms with van der Waals surface area (Å²) < 4.78 is 32.0. The van der Waals surface area contributed by atoms with Crippen LogP contribution in [0.4, 0.5) is 0 Å². The highest BCUT2D eigenvalue weighted by atomic mass is 35.5. The molecule has 0 aliphatic carbocycles. The summed E-state index contributed by atoms with van der Waals surface area (Å²) in [5.74, 6) is -0.151. The smallest absolute Gasteiger partial charge is 0.217 e. The number of benzene rings is 1. The van der Waals surface area contributed by atoms with Gasteiger partial charge in [0, 0.05) is 18.0 Å². The van der Waals surface area contributed by atoms with Crippen LogP contribution in [0.1, 0.15) is 25.0 Å². The van der Waals surface area contributed by atoms with E-state index in [1.54, 1.807) is 6.07 Å². The maximum absolute atomic E-state index is 12.1. The van der Waals surface area contributed by atoms with Crippen LogP contribution in [0.25, 0.3) is 11.0 Å². The fourth-order valence-corrected chi connectivity index (χ4v) is 3.76. The molecule has 1 aliphatic heterocycles. The van der Waals surface area contributed by atoms with Gasteiger partial charge in [0.25, 0.3) is 0 Å². The number of hydrogen-bond acceptors (Lipinski definition) is 5. The molecule has 1 fully saturated rings. The first-order chi connectivity index (χ1) is 10.1. The lowest BCUT2D eigenvalue weighted by Crippen LogP contribution is -2.31. The second-order valence-corrected chi connectivity index (χ2v) is 7.17. The lowest BCUT2D eigenvalue weighted by molar-refractivity contribution is 0.448. The van der Waals surface area contributed by atoms with Gasteiger partial charge < -0.3 is 9.84 Å². The third-order valence-corrected chi connectivity index (χ3v) is 5.05. The van der Waals surface area contributed by atoms with Crippen molar-refractivity contribution in [2.75, 3.05) is 13.1 Å². The van der Waals surface area contributed by atoms with Crippen LogP contribution in [0.15, 0.2) is 28.8 Å². The van der Waals surface area contributed by atoms with Gasteiger partial charge in [0.15, 0.2) is 5.58 Å². The summed E-state index contributed by atoms with van der Waals surface area (Å²) in [6.07, 6.45) is 3.11. The molecule has 1 aromatic carbocycles. The number of nitrogens with zero attached hydrogens (tertiary/aromatic N) is 1. The molecule has 0 radical (unpaired) electrons. The zero-order chi connectivity index (χ0) is 14.7. The summed E-state index contributed by atoms with van der Waals surface area (Å²) >= 11 is 0. The van der Waals surface area contributed by atoms with Gasteiger partial charge in [-0.25, -0.2) is 13.1 Å². The lowest BCUT2D eigenvalue weighted by Gasteiger charge is -2.10. The average Bonchev–Trinajstić information content (AvgIpc) is 3.09. The van der Waals surface area contributed by atoms with Crippen molar-refractivity contribution in [2.45, 2.75) is 31.1 Å². The number of aromatic nitrogens is 1. The number of halogens is 1. The van der Waals surface area contributed by atoms with Crippen molar-refractivity contribution in [2.24, 2.45) is 0 Å². The summed E-state index contributed by atoms with van der Waals surface area (Å²) in [6.45, 7) is 1.48. The average molecular weight is 346 g/mol. The van der Waals surface area contributed by atoms with Crippen molar-refractivity contribution in [1.82, 2.24) is 15.2 Å². The molecule has 0 amide bonds. The van der Waals surface area contributed by atoms with Gasteiger partial charge in [0.2, 0.25) is 10.0 Å². The van der Waals surface area contributed by atoms with E-state index in [1.807, 2.05) is 18.2 Å². The van der Waals surface area contributed by atoms with E-state index in [0.29, 0.717) is 23.9 Å². The molecule has 0 bridgehead atoms. The quantitative estimate of drug-likeness (QED) is 0.834. The zero-order valence-corrected chi connectivity index (χ0v) is 13.8. The highest BCUT2D eigenvalue weighted by Crippen LogP contribution is 2.19. The third-order valence-electron chi connectivity index (χ3n) is 3.76. The number of rotatable bonds is 6. The van der Waals surface area contributed by atoms with Gasteiger partial charge in [-0.2, -0.15) is 0 Å². The molecule has 3 rings (SSSR count). The first kappa shape index (κ1) is 17.2. The minimum absolute atomic E-state index is 0. The molecule has 1 atom stereocenters. The van der Waals surface area contributed by atoms with Crippen LogP contribution >= 0.6 is 12.4 Å². The lowest BCUT2D eigenvalue weighted by atomic mass is 10.2. The van der Waals surface area contributed by atoms with E-state index in [0.717, 1.165) is 24.8 Å². The van der Waals surface area contributed by atoms with Gasteiger partial charge >= 0.3 is 0 Å². The normalized spacial score (nSPS) is 18.5. The molecule has 0 unspecified atom stereocenters. The van der Waals surface area contributed by atoms with Crippen molar-refractivity contribution >= 4 is 33.4 Å². The molecule has 2 aromatic rings. The number of nitrogens with one attached hydrogen (secondary N) is 2. The number of hydrogen-bond donors (Lipinski definition) is 2. The molecule has 1 aromatic heterocycles. The van der Waals surface area contributed by atoms with Crippen molar-refractivity contribution in [3.05, 3.63) is 30.0 Å². The number of sulfonamides is 1. The Morgan fingerprint density at radius 1 is 1.36 bits per heavy atom. The van der Waals surface area contributed by atoms with E-state index in [-0.39, 0.29) is 18.2 Å². The zero-order valence-electron chi connectivity index (χ0n) is 12.1. The Morgan fingerprint density at radius 3 is 2.95 bits per heavy atom. The second-order valence-electron chi connectivity index (χ2n) is 5.36. The Bertz CT molecular complexity index is 711. The Hall–Kier alpha value is -1.15. The van der Waals surface area contributed by atoms with Crippen LogP contribution < -0.4 is 10.0 Å². The van der Waals surface area contributed by atoms with Gasteiger partial charge in [-0.3, -0.25) is 0 Å². The predicted octanol–water partition coefficient (Wildman–Crippen LogP) is 1.81. The second kappa shape index (κ2) is 7.41. The molecule has 6 nitrogen and oxygen atoms in total. The monoisotopic (exact) mass is 345 g/mol. The highest BCUT2D eigenvalue weighted by molar-refractivity contribution is 7.88. The van der Waals surface area contributed by atoms with Gasteiger partial charge in [-0.05, 0) is 37.9 Å².